The van der Waals surface area contributed by atoms with Gasteiger partial charge in [0.15, 0.2) is 0 Å². The lowest BCUT2D eigenvalue weighted by molar-refractivity contribution is 0.833. The van der Waals surface area contributed by atoms with Crippen LogP contribution in [0.3, 0.4) is 0 Å². The third-order valence-corrected chi connectivity index (χ3v) is 2.85. The predicted octanol–water partition coefficient (Wildman–Crippen LogP) is 4.07. The van der Waals surface area contributed by atoms with Crippen LogP contribution < -0.4 is 0 Å². The van der Waals surface area contributed by atoms with Crippen LogP contribution in [-0.2, 0) is 6.42 Å². The van der Waals surface area contributed by atoms with Gasteiger partial charge in [-0.25, -0.2) is 4.98 Å². The van der Waals surface area contributed by atoms with E-state index in [4.69, 9.17) is 12.2 Å². The molecule has 1 heterocycles. The summed E-state index contributed by atoms with van der Waals surface area (Å²) in [5, 5.41) is 0. The van der Waals surface area contributed by atoms with Crippen molar-refractivity contribution in [2.75, 3.05) is 0 Å². The molecule has 0 fully saturated rings. The molecule has 2 nitrogen and oxygen atoms in total. The first kappa shape index (κ1) is 12.0. The molecule has 0 saturated carbocycles. The maximum absolute atomic E-state index is 5.20. The minimum Gasteiger partial charge on any atom is -0.343 e. The molecular formula is C14H16N2S. The average molecular weight is 244 g/mol. The molecular weight excluding hydrogens is 228 g/mol. The summed E-state index contributed by atoms with van der Waals surface area (Å²) in [5.41, 5.74) is 3.46. The number of hydrogen-bond donors (Lipinski definition) is 1. The maximum Gasteiger partial charge on any atom is 0.130 e. The normalized spacial score (nSPS) is 10.5. The largest absolute Gasteiger partial charge is 0.343 e. The quantitative estimate of drug-likeness (QED) is 0.825. The van der Waals surface area contributed by atoms with Gasteiger partial charge < -0.3 is 4.98 Å². The van der Waals surface area contributed by atoms with Gasteiger partial charge in [-0.1, -0.05) is 49.0 Å². The molecule has 0 saturated heterocycles. The molecule has 1 aromatic carbocycles. The van der Waals surface area contributed by atoms with Gasteiger partial charge in [-0.3, -0.25) is 0 Å². The first-order chi connectivity index (χ1) is 8.19. The van der Waals surface area contributed by atoms with Crippen molar-refractivity contribution in [2.24, 2.45) is 0 Å². The highest BCUT2D eigenvalue weighted by Crippen LogP contribution is 2.17. The Morgan fingerprint density at radius 3 is 2.59 bits per heavy atom. The van der Waals surface area contributed by atoms with E-state index in [1.807, 2.05) is 6.07 Å². The van der Waals surface area contributed by atoms with E-state index >= 15 is 0 Å². The molecule has 0 aliphatic heterocycles. The summed E-state index contributed by atoms with van der Waals surface area (Å²) in [7, 11) is 0. The second-order valence-corrected chi connectivity index (χ2v) is 4.61. The highest BCUT2D eigenvalue weighted by Gasteiger charge is 2.01. The molecule has 0 bridgehead atoms. The Bertz CT molecular complexity index is 555. The molecule has 2 aromatic rings. The van der Waals surface area contributed by atoms with Gasteiger partial charge in [0.25, 0.3) is 0 Å². The zero-order valence-corrected chi connectivity index (χ0v) is 11.0. The molecule has 0 aliphatic rings. The fourth-order valence-electron chi connectivity index (χ4n) is 1.75. The lowest BCUT2D eigenvalue weighted by Crippen LogP contribution is -1.96. The third-order valence-electron chi connectivity index (χ3n) is 2.64. The molecule has 0 radical (unpaired) electrons. The summed E-state index contributed by atoms with van der Waals surface area (Å²) < 4.78 is 0.655. The smallest absolute Gasteiger partial charge is 0.130 e. The first-order valence-electron chi connectivity index (χ1n) is 5.86. The van der Waals surface area contributed by atoms with Crippen LogP contribution >= 0.6 is 12.2 Å². The van der Waals surface area contributed by atoms with Crippen LogP contribution in [0.2, 0.25) is 0 Å². The van der Waals surface area contributed by atoms with Crippen LogP contribution in [0.25, 0.3) is 11.3 Å². The molecule has 0 aliphatic carbocycles. The number of nitrogens with zero attached hydrogens (tertiary/aromatic N) is 1. The van der Waals surface area contributed by atoms with Gasteiger partial charge in [-0.2, -0.15) is 0 Å². The fourth-order valence-corrected chi connectivity index (χ4v) is 1.98. The van der Waals surface area contributed by atoms with Gasteiger partial charge in [0, 0.05) is 12.1 Å². The van der Waals surface area contributed by atoms with Crippen molar-refractivity contribution in [1.82, 2.24) is 9.97 Å². The molecule has 17 heavy (non-hydrogen) atoms. The van der Waals surface area contributed by atoms with Crippen molar-refractivity contribution in [3.63, 3.8) is 0 Å². The van der Waals surface area contributed by atoms with Gasteiger partial charge in [0.2, 0.25) is 0 Å². The minimum absolute atomic E-state index is 0.655. The highest BCUT2D eigenvalue weighted by atomic mass is 32.1. The maximum atomic E-state index is 5.20. The monoisotopic (exact) mass is 244 g/mol. The second-order valence-electron chi connectivity index (χ2n) is 4.20. The zero-order chi connectivity index (χ0) is 12.3. The molecule has 0 atom stereocenters. The van der Waals surface area contributed by atoms with Crippen LogP contribution in [-0.4, -0.2) is 9.97 Å². The SMILES string of the molecule is CCCc1nc(=S)cc(-c2ccc(C)cc2)[nH]1. The van der Waals surface area contributed by atoms with E-state index in [0.29, 0.717) is 4.64 Å². The summed E-state index contributed by atoms with van der Waals surface area (Å²) in [5.74, 6) is 0.968. The average Bonchev–Trinajstić information content (AvgIpc) is 2.29. The number of aromatic nitrogens is 2. The molecule has 0 unspecified atom stereocenters. The Morgan fingerprint density at radius 1 is 1.24 bits per heavy atom. The molecule has 88 valence electrons. The van der Waals surface area contributed by atoms with E-state index in [-0.39, 0.29) is 0 Å². The number of benzene rings is 1. The lowest BCUT2D eigenvalue weighted by atomic mass is 10.1. The van der Waals surface area contributed by atoms with E-state index in [9.17, 15) is 0 Å². The minimum atomic E-state index is 0.655. The van der Waals surface area contributed by atoms with Gasteiger partial charge in [-0.05, 0) is 25.0 Å². The van der Waals surface area contributed by atoms with Crippen molar-refractivity contribution < 1.29 is 0 Å². The molecule has 1 aromatic heterocycles. The summed E-state index contributed by atoms with van der Waals surface area (Å²) in [6.07, 6.45) is 2.00. The van der Waals surface area contributed by atoms with E-state index in [2.05, 4.69) is 48.1 Å². The van der Waals surface area contributed by atoms with E-state index in [1.165, 1.54) is 5.56 Å². The Labute approximate surface area is 107 Å². The van der Waals surface area contributed by atoms with Crippen molar-refractivity contribution >= 4 is 12.2 Å². The zero-order valence-electron chi connectivity index (χ0n) is 10.2. The summed E-state index contributed by atoms with van der Waals surface area (Å²) in [6, 6.07) is 10.3. The van der Waals surface area contributed by atoms with Crippen LogP contribution in [0.4, 0.5) is 0 Å². The van der Waals surface area contributed by atoms with Crippen LogP contribution in [0.5, 0.6) is 0 Å². The van der Waals surface area contributed by atoms with Crippen LogP contribution in [0, 0.1) is 11.6 Å². The van der Waals surface area contributed by atoms with E-state index < -0.39 is 0 Å². The Balaban J connectivity index is 2.44. The Morgan fingerprint density at radius 2 is 1.94 bits per heavy atom. The molecule has 3 heteroatoms. The number of nitrogens with one attached hydrogen (secondary N) is 1. The molecule has 0 amide bonds. The van der Waals surface area contributed by atoms with Gasteiger partial charge >= 0.3 is 0 Å². The van der Waals surface area contributed by atoms with Crippen molar-refractivity contribution in [3.05, 3.63) is 46.4 Å². The van der Waals surface area contributed by atoms with Crippen molar-refractivity contribution in [3.8, 4) is 11.3 Å². The number of rotatable bonds is 3. The van der Waals surface area contributed by atoms with Crippen molar-refractivity contribution in [1.29, 1.82) is 0 Å². The summed E-state index contributed by atoms with van der Waals surface area (Å²) >= 11 is 5.20. The Hall–Kier alpha value is -1.48. The number of aromatic amines is 1. The van der Waals surface area contributed by atoms with Crippen LogP contribution in [0.15, 0.2) is 30.3 Å². The number of aryl methyl sites for hydroxylation is 2. The van der Waals surface area contributed by atoms with Gasteiger partial charge in [0.1, 0.15) is 10.5 Å². The molecule has 1 N–H and O–H groups in total. The highest BCUT2D eigenvalue weighted by molar-refractivity contribution is 7.71. The predicted molar refractivity (Wildman–Crippen MR) is 73.6 cm³/mol. The second kappa shape index (κ2) is 5.23. The van der Waals surface area contributed by atoms with Gasteiger partial charge in [0.05, 0.1) is 0 Å². The van der Waals surface area contributed by atoms with Crippen molar-refractivity contribution in [2.45, 2.75) is 26.7 Å². The summed E-state index contributed by atoms with van der Waals surface area (Å²) in [4.78, 5) is 7.67. The third kappa shape index (κ3) is 3.01. The lowest BCUT2D eigenvalue weighted by Gasteiger charge is -2.05. The molecule has 0 spiro atoms. The molecule has 2 rings (SSSR count). The number of hydrogen-bond acceptors (Lipinski definition) is 2. The van der Waals surface area contributed by atoms with E-state index in [1.54, 1.807) is 0 Å². The first-order valence-corrected chi connectivity index (χ1v) is 6.27. The topological polar surface area (TPSA) is 28.7 Å². The standard InChI is InChI=1S/C14H16N2S/c1-3-4-13-15-12(9-14(17)16-13)11-7-5-10(2)6-8-11/h5-9H,3-4H2,1-2H3,(H,15,16,17). The van der Waals surface area contributed by atoms with Gasteiger partial charge in [-0.15, -0.1) is 0 Å². The number of H-pyrrole nitrogens is 1. The Kier molecular flexibility index (Phi) is 3.69. The summed E-state index contributed by atoms with van der Waals surface area (Å²) in [6.45, 7) is 4.22. The van der Waals surface area contributed by atoms with E-state index in [0.717, 1.165) is 29.9 Å². The van der Waals surface area contributed by atoms with Crippen LogP contribution in [0.1, 0.15) is 24.7 Å². The fraction of sp³-hybridized carbons (Fsp3) is 0.286.